The van der Waals surface area contributed by atoms with E-state index in [1.807, 2.05) is 0 Å². The van der Waals surface area contributed by atoms with Crippen molar-refractivity contribution in [1.82, 2.24) is 5.32 Å². The summed E-state index contributed by atoms with van der Waals surface area (Å²) in [6.07, 6.45) is 3.86. The lowest BCUT2D eigenvalue weighted by atomic mass is 9.89. The van der Waals surface area contributed by atoms with E-state index in [4.69, 9.17) is 9.47 Å². The van der Waals surface area contributed by atoms with Gasteiger partial charge >= 0.3 is 0 Å². The summed E-state index contributed by atoms with van der Waals surface area (Å²) in [6, 6.07) is 0. The minimum absolute atomic E-state index is 0.230. The largest absolute Gasteiger partial charge is 0.388 e. The fourth-order valence-electron chi connectivity index (χ4n) is 2.16. The molecule has 1 aliphatic rings. The number of hydrogen-bond donors (Lipinski definition) is 2. The van der Waals surface area contributed by atoms with Gasteiger partial charge in [0.1, 0.15) is 0 Å². The maximum absolute atomic E-state index is 10.4. The molecule has 0 aromatic rings. The number of ether oxygens (including phenoxy) is 2. The minimum atomic E-state index is -0.591. The molecule has 2 N–H and O–H groups in total. The van der Waals surface area contributed by atoms with Crippen LogP contribution in [-0.2, 0) is 9.47 Å². The van der Waals surface area contributed by atoms with Gasteiger partial charge in [0.25, 0.3) is 0 Å². The molecule has 0 aliphatic carbocycles. The van der Waals surface area contributed by atoms with Gasteiger partial charge in [0.2, 0.25) is 0 Å². The highest BCUT2D eigenvalue weighted by Gasteiger charge is 2.34. The average Bonchev–Trinajstić information content (AvgIpc) is 2.25. The summed E-state index contributed by atoms with van der Waals surface area (Å²) in [5, 5.41) is 13.6. The molecular weight excluding hydrogens is 206 g/mol. The molecule has 4 heteroatoms. The predicted molar refractivity (Wildman–Crippen MR) is 63.6 cm³/mol. The molecule has 2 unspecified atom stereocenters. The Hall–Kier alpha value is -0.160. The van der Waals surface area contributed by atoms with E-state index in [2.05, 4.69) is 12.2 Å². The smallest absolute Gasteiger partial charge is 0.0818 e. The average molecular weight is 231 g/mol. The number of aliphatic hydroxyl groups is 1. The van der Waals surface area contributed by atoms with Gasteiger partial charge in [-0.05, 0) is 6.42 Å². The molecule has 0 aromatic heterocycles. The Kier molecular flexibility index (Phi) is 6.28. The summed E-state index contributed by atoms with van der Waals surface area (Å²) >= 11 is 0. The van der Waals surface area contributed by atoms with Crippen molar-refractivity contribution in [3.05, 3.63) is 0 Å². The molecule has 0 amide bonds. The van der Waals surface area contributed by atoms with Crippen LogP contribution in [0.1, 0.15) is 32.6 Å². The topological polar surface area (TPSA) is 50.7 Å². The van der Waals surface area contributed by atoms with Crippen LogP contribution in [0.25, 0.3) is 0 Å². The van der Waals surface area contributed by atoms with Crippen molar-refractivity contribution < 1.29 is 14.6 Å². The van der Waals surface area contributed by atoms with E-state index in [9.17, 15) is 5.11 Å². The Labute approximate surface area is 98.3 Å². The molecule has 16 heavy (non-hydrogen) atoms. The van der Waals surface area contributed by atoms with Crippen LogP contribution in [0, 0.1) is 0 Å². The Balaban J connectivity index is 2.25. The first-order valence-corrected chi connectivity index (χ1v) is 6.24. The molecule has 1 heterocycles. The molecule has 2 atom stereocenters. The zero-order chi connectivity index (χ0) is 11.9. The molecule has 1 aliphatic heterocycles. The SMILES string of the molecule is CCCC1CC(O)(CNCCOC)CCO1. The van der Waals surface area contributed by atoms with E-state index in [0.717, 1.165) is 32.2 Å². The van der Waals surface area contributed by atoms with Gasteiger partial charge in [-0.25, -0.2) is 0 Å². The molecule has 0 spiro atoms. The van der Waals surface area contributed by atoms with Gasteiger partial charge in [0.05, 0.1) is 18.3 Å². The normalized spacial score (nSPS) is 30.6. The van der Waals surface area contributed by atoms with E-state index in [1.165, 1.54) is 0 Å². The predicted octanol–water partition coefficient (Wildman–Crippen LogP) is 0.933. The third kappa shape index (κ3) is 4.78. The third-order valence-electron chi connectivity index (χ3n) is 3.08. The maximum Gasteiger partial charge on any atom is 0.0818 e. The fourth-order valence-corrected chi connectivity index (χ4v) is 2.16. The van der Waals surface area contributed by atoms with Crippen LogP contribution in [0.15, 0.2) is 0 Å². The first-order valence-electron chi connectivity index (χ1n) is 6.24. The number of nitrogens with one attached hydrogen (secondary N) is 1. The second-order valence-corrected chi connectivity index (χ2v) is 4.63. The van der Waals surface area contributed by atoms with Crippen LogP contribution in [0.3, 0.4) is 0 Å². The lowest BCUT2D eigenvalue weighted by Crippen LogP contribution is -2.48. The molecule has 96 valence electrons. The molecule has 1 rings (SSSR count). The summed E-state index contributed by atoms with van der Waals surface area (Å²) in [7, 11) is 1.68. The van der Waals surface area contributed by atoms with Crippen molar-refractivity contribution in [3.8, 4) is 0 Å². The summed E-state index contributed by atoms with van der Waals surface area (Å²) in [5.41, 5.74) is -0.591. The molecule has 0 bridgehead atoms. The molecule has 1 saturated heterocycles. The summed E-state index contributed by atoms with van der Waals surface area (Å²) in [4.78, 5) is 0. The van der Waals surface area contributed by atoms with Gasteiger partial charge in [0, 0.05) is 39.6 Å². The van der Waals surface area contributed by atoms with Crippen LogP contribution in [-0.4, -0.2) is 50.2 Å². The van der Waals surface area contributed by atoms with Crippen molar-refractivity contribution >= 4 is 0 Å². The fraction of sp³-hybridized carbons (Fsp3) is 1.00. The van der Waals surface area contributed by atoms with Crippen molar-refractivity contribution in [2.45, 2.75) is 44.3 Å². The zero-order valence-electron chi connectivity index (χ0n) is 10.5. The molecule has 4 nitrogen and oxygen atoms in total. The van der Waals surface area contributed by atoms with Gasteiger partial charge in [-0.15, -0.1) is 0 Å². The summed E-state index contributed by atoms with van der Waals surface area (Å²) in [5.74, 6) is 0. The van der Waals surface area contributed by atoms with Gasteiger partial charge in [-0.3, -0.25) is 0 Å². The highest BCUT2D eigenvalue weighted by Crippen LogP contribution is 2.26. The number of methoxy groups -OCH3 is 1. The standard InChI is InChI=1S/C12H25NO3/c1-3-4-11-9-12(14,5-7-16-11)10-13-6-8-15-2/h11,13-14H,3-10H2,1-2H3. The Morgan fingerprint density at radius 2 is 2.38 bits per heavy atom. The number of rotatable bonds is 7. The van der Waals surface area contributed by atoms with Crippen LogP contribution >= 0.6 is 0 Å². The van der Waals surface area contributed by atoms with Crippen LogP contribution in [0.4, 0.5) is 0 Å². The van der Waals surface area contributed by atoms with Gasteiger partial charge in [0.15, 0.2) is 0 Å². The highest BCUT2D eigenvalue weighted by atomic mass is 16.5. The highest BCUT2D eigenvalue weighted by molar-refractivity contribution is 4.87. The Bertz CT molecular complexity index is 187. The molecular formula is C12H25NO3. The second kappa shape index (κ2) is 7.22. The minimum Gasteiger partial charge on any atom is -0.388 e. The first-order chi connectivity index (χ1) is 7.70. The van der Waals surface area contributed by atoms with Crippen LogP contribution < -0.4 is 5.32 Å². The van der Waals surface area contributed by atoms with E-state index in [1.54, 1.807) is 7.11 Å². The first kappa shape index (κ1) is 13.9. The van der Waals surface area contributed by atoms with Crippen molar-refractivity contribution in [2.24, 2.45) is 0 Å². The summed E-state index contributed by atoms with van der Waals surface area (Å²) < 4.78 is 10.6. The van der Waals surface area contributed by atoms with E-state index in [-0.39, 0.29) is 6.10 Å². The van der Waals surface area contributed by atoms with E-state index >= 15 is 0 Å². The lowest BCUT2D eigenvalue weighted by molar-refractivity contribution is -0.104. The van der Waals surface area contributed by atoms with Crippen molar-refractivity contribution in [3.63, 3.8) is 0 Å². The van der Waals surface area contributed by atoms with Crippen LogP contribution in [0.5, 0.6) is 0 Å². The molecule has 0 aromatic carbocycles. The van der Waals surface area contributed by atoms with Gasteiger partial charge in [-0.1, -0.05) is 13.3 Å². The molecule has 1 fully saturated rings. The Morgan fingerprint density at radius 3 is 3.06 bits per heavy atom. The van der Waals surface area contributed by atoms with Crippen molar-refractivity contribution in [1.29, 1.82) is 0 Å². The van der Waals surface area contributed by atoms with E-state index in [0.29, 0.717) is 19.8 Å². The van der Waals surface area contributed by atoms with Crippen molar-refractivity contribution in [2.75, 3.05) is 33.4 Å². The third-order valence-corrected chi connectivity index (χ3v) is 3.08. The number of hydrogen-bond acceptors (Lipinski definition) is 4. The summed E-state index contributed by atoms with van der Waals surface area (Å²) in [6.45, 7) is 4.93. The zero-order valence-corrected chi connectivity index (χ0v) is 10.5. The van der Waals surface area contributed by atoms with Gasteiger partial charge in [-0.2, -0.15) is 0 Å². The maximum atomic E-state index is 10.4. The monoisotopic (exact) mass is 231 g/mol. The lowest BCUT2D eigenvalue weighted by Gasteiger charge is -2.37. The van der Waals surface area contributed by atoms with Crippen LogP contribution in [0.2, 0.25) is 0 Å². The second-order valence-electron chi connectivity index (χ2n) is 4.63. The molecule has 0 saturated carbocycles. The van der Waals surface area contributed by atoms with E-state index < -0.39 is 5.60 Å². The quantitative estimate of drug-likeness (QED) is 0.640. The molecule has 0 radical (unpaired) electrons. The van der Waals surface area contributed by atoms with Gasteiger partial charge < -0.3 is 19.9 Å². The Morgan fingerprint density at radius 1 is 1.56 bits per heavy atom.